The van der Waals surface area contributed by atoms with Gasteiger partial charge in [0.1, 0.15) is 11.8 Å². The maximum absolute atomic E-state index is 9.52. The second-order valence-corrected chi connectivity index (χ2v) is 3.01. The van der Waals surface area contributed by atoms with Gasteiger partial charge in [-0.1, -0.05) is 6.07 Å². The molecular formula is C10H9N3O. The van der Waals surface area contributed by atoms with Gasteiger partial charge >= 0.3 is 0 Å². The number of fused-ring (bicyclic) bond motifs is 1. The van der Waals surface area contributed by atoms with Crippen LogP contribution in [0.3, 0.4) is 0 Å². The van der Waals surface area contributed by atoms with Gasteiger partial charge in [0, 0.05) is 12.4 Å². The molecule has 0 aliphatic carbocycles. The van der Waals surface area contributed by atoms with Crippen LogP contribution in [0.25, 0.3) is 5.65 Å². The van der Waals surface area contributed by atoms with Gasteiger partial charge in [0.25, 0.3) is 0 Å². The van der Waals surface area contributed by atoms with E-state index in [0.717, 1.165) is 5.65 Å². The van der Waals surface area contributed by atoms with Crippen molar-refractivity contribution in [1.82, 2.24) is 9.38 Å². The van der Waals surface area contributed by atoms with Gasteiger partial charge in [0.05, 0.1) is 18.2 Å². The molecule has 0 radical (unpaired) electrons. The molecule has 70 valence electrons. The van der Waals surface area contributed by atoms with E-state index in [9.17, 15) is 5.11 Å². The van der Waals surface area contributed by atoms with Crippen molar-refractivity contribution < 1.29 is 5.11 Å². The van der Waals surface area contributed by atoms with Crippen LogP contribution in [-0.4, -0.2) is 14.5 Å². The maximum Gasteiger partial charge on any atom is 0.137 e. The number of pyridine rings is 1. The van der Waals surface area contributed by atoms with Crippen LogP contribution in [0.2, 0.25) is 0 Å². The fourth-order valence-corrected chi connectivity index (χ4v) is 1.31. The van der Waals surface area contributed by atoms with Crippen molar-refractivity contribution in [2.45, 2.75) is 12.5 Å². The molecule has 0 aromatic carbocycles. The zero-order chi connectivity index (χ0) is 9.97. The third-order valence-electron chi connectivity index (χ3n) is 2.01. The van der Waals surface area contributed by atoms with Crippen molar-refractivity contribution >= 4 is 5.65 Å². The highest BCUT2D eigenvalue weighted by Crippen LogP contribution is 2.15. The first-order valence-corrected chi connectivity index (χ1v) is 4.30. The number of rotatable bonds is 2. The van der Waals surface area contributed by atoms with E-state index in [0.29, 0.717) is 5.69 Å². The van der Waals surface area contributed by atoms with E-state index in [1.807, 2.05) is 34.9 Å². The average molecular weight is 187 g/mol. The van der Waals surface area contributed by atoms with Gasteiger partial charge in [-0.2, -0.15) is 5.26 Å². The van der Waals surface area contributed by atoms with Crippen molar-refractivity contribution in [2.24, 2.45) is 0 Å². The summed E-state index contributed by atoms with van der Waals surface area (Å²) in [5.74, 6) is 0. The monoisotopic (exact) mass is 187 g/mol. The number of aromatic nitrogens is 2. The van der Waals surface area contributed by atoms with E-state index in [1.165, 1.54) is 0 Å². The Bertz CT molecular complexity index is 450. The molecule has 1 N–H and O–H groups in total. The van der Waals surface area contributed by atoms with Crippen LogP contribution < -0.4 is 0 Å². The summed E-state index contributed by atoms with van der Waals surface area (Å²) in [6, 6.07) is 7.52. The Morgan fingerprint density at radius 1 is 1.57 bits per heavy atom. The second-order valence-electron chi connectivity index (χ2n) is 3.01. The van der Waals surface area contributed by atoms with Crippen LogP contribution in [-0.2, 0) is 0 Å². The van der Waals surface area contributed by atoms with E-state index >= 15 is 0 Å². The Hall–Kier alpha value is -1.86. The van der Waals surface area contributed by atoms with E-state index in [4.69, 9.17) is 5.26 Å². The highest BCUT2D eigenvalue weighted by atomic mass is 16.3. The Morgan fingerprint density at radius 2 is 2.43 bits per heavy atom. The molecule has 2 aromatic heterocycles. The zero-order valence-electron chi connectivity index (χ0n) is 7.46. The van der Waals surface area contributed by atoms with Crippen molar-refractivity contribution in [3.63, 3.8) is 0 Å². The molecule has 1 unspecified atom stereocenters. The van der Waals surface area contributed by atoms with Crippen molar-refractivity contribution in [1.29, 1.82) is 5.26 Å². The normalized spacial score (nSPS) is 12.6. The van der Waals surface area contributed by atoms with Gasteiger partial charge in [0.2, 0.25) is 0 Å². The summed E-state index contributed by atoms with van der Waals surface area (Å²) in [5, 5.41) is 18.0. The van der Waals surface area contributed by atoms with Crippen LogP contribution in [0, 0.1) is 11.3 Å². The fraction of sp³-hybridized carbons (Fsp3) is 0.200. The van der Waals surface area contributed by atoms with Gasteiger partial charge in [-0.15, -0.1) is 0 Å². The lowest BCUT2D eigenvalue weighted by molar-refractivity contribution is 0.179. The SMILES string of the molecule is N#CCC(O)c1cn2ccccc2n1. The molecule has 0 saturated carbocycles. The van der Waals surface area contributed by atoms with Gasteiger partial charge in [0.15, 0.2) is 0 Å². The van der Waals surface area contributed by atoms with E-state index in [-0.39, 0.29) is 6.42 Å². The Kier molecular flexibility index (Phi) is 2.17. The highest BCUT2D eigenvalue weighted by Gasteiger charge is 2.10. The predicted molar refractivity (Wildman–Crippen MR) is 50.4 cm³/mol. The number of nitrogens with zero attached hydrogens (tertiary/aromatic N) is 3. The minimum absolute atomic E-state index is 0.0733. The number of aliphatic hydroxyl groups excluding tert-OH is 1. The van der Waals surface area contributed by atoms with E-state index in [1.54, 1.807) is 6.20 Å². The Balaban J connectivity index is 2.41. The van der Waals surface area contributed by atoms with Crippen molar-refractivity contribution in [3.05, 3.63) is 36.3 Å². The summed E-state index contributed by atoms with van der Waals surface area (Å²) in [4.78, 5) is 4.19. The third kappa shape index (κ3) is 1.45. The molecule has 2 heterocycles. The van der Waals surface area contributed by atoms with Gasteiger partial charge < -0.3 is 9.51 Å². The molecule has 0 aliphatic rings. The van der Waals surface area contributed by atoms with Crippen LogP contribution in [0.15, 0.2) is 30.6 Å². The van der Waals surface area contributed by atoms with Crippen LogP contribution in [0.5, 0.6) is 0 Å². The molecule has 0 fully saturated rings. The molecule has 0 spiro atoms. The summed E-state index contributed by atoms with van der Waals surface area (Å²) in [7, 11) is 0. The lowest BCUT2D eigenvalue weighted by Gasteiger charge is -1.98. The first-order chi connectivity index (χ1) is 6.81. The van der Waals surface area contributed by atoms with Crippen LogP contribution in [0.4, 0.5) is 0 Å². The molecule has 14 heavy (non-hydrogen) atoms. The summed E-state index contributed by atoms with van der Waals surface area (Å²) in [6.45, 7) is 0. The second kappa shape index (κ2) is 3.48. The summed E-state index contributed by atoms with van der Waals surface area (Å²) < 4.78 is 1.82. The summed E-state index contributed by atoms with van der Waals surface area (Å²) in [6.07, 6.45) is 2.87. The molecule has 0 aliphatic heterocycles. The first kappa shape index (κ1) is 8.73. The van der Waals surface area contributed by atoms with Crippen molar-refractivity contribution in [3.8, 4) is 6.07 Å². The predicted octanol–water partition coefficient (Wildman–Crippen LogP) is 1.28. The molecule has 2 aromatic rings. The van der Waals surface area contributed by atoms with E-state index in [2.05, 4.69) is 4.98 Å². The Morgan fingerprint density at radius 3 is 3.14 bits per heavy atom. The van der Waals surface area contributed by atoms with Crippen LogP contribution in [0.1, 0.15) is 18.2 Å². The molecule has 0 bridgehead atoms. The Labute approximate surface area is 81.1 Å². The lowest BCUT2D eigenvalue weighted by Crippen LogP contribution is -1.95. The highest BCUT2D eigenvalue weighted by molar-refractivity contribution is 5.39. The minimum atomic E-state index is -0.792. The number of hydrogen-bond donors (Lipinski definition) is 1. The fourth-order valence-electron chi connectivity index (χ4n) is 1.31. The molecule has 1 atom stereocenters. The van der Waals surface area contributed by atoms with Crippen LogP contribution >= 0.6 is 0 Å². The number of hydrogen-bond acceptors (Lipinski definition) is 3. The number of imidazole rings is 1. The average Bonchev–Trinajstić information content (AvgIpc) is 2.61. The molecule has 0 saturated heterocycles. The summed E-state index contributed by atoms with van der Waals surface area (Å²) in [5.41, 5.74) is 1.32. The van der Waals surface area contributed by atoms with Crippen molar-refractivity contribution in [2.75, 3.05) is 0 Å². The first-order valence-electron chi connectivity index (χ1n) is 4.30. The molecule has 2 rings (SSSR count). The lowest BCUT2D eigenvalue weighted by atomic mass is 10.2. The van der Waals surface area contributed by atoms with E-state index < -0.39 is 6.10 Å². The quantitative estimate of drug-likeness (QED) is 0.770. The smallest absolute Gasteiger partial charge is 0.137 e. The number of aliphatic hydroxyl groups is 1. The van der Waals surface area contributed by atoms with Gasteiger partial charge in [-0.05, 0) is 12.1 Å². The minimum Gasteiger partial charge on any atom is -0.386 e. The molecule has 4 heteroatoms. The number of nitriles is 1. The topological polar surface area (TPSA) is 61.3 Å². The molecule has 4 nitrogen and oxygen atoms in total. The van der Waals surface area contributed by atoms with Gasteiger partial charge in [-0.3, -0.25) is 0 Å². The maximum atomic E-state index is 9.52. The van der Waals surface area contributed by atoms with Gasteiger partial charge in [-0.25, -0.2) is 4.98 Å². The standard InChI is InChI=1S/C10H9N3O/c11-5-4-9(14)8-7-13-6-2-1-3-10(13)12-8/h1-3,6-7,9,14H,4H2. The molecular weight excluding hydrogens is 178 g/mol. The largest absolute Gasteiger partial charge is 0.386 e. The summed E-state index contributed by atoms with van der Waals surface area (Å²) >= 11 is 0. The molecule has 0 amide bonds. The third-order valence-corrected chi connectivity index (χ3v) is 2.01. The zero-order valence-corrected chi connectivity index (χ0v) is 7.46.